The van der Waals surface area contributed by atoms with Crippen LogP contribution in [-0.4, -0.2) is 45.5 Å². The number of benzene rings is 1. The Balaban J connectivity index is 1.83. The number of aryl methyl sites for hydroxylation is 1. The van der Waals surface area contributed by atoms with Crippen LogP contribution in [0, 0.1) is 6.92 Å². The quantitative estimate of drug-likeness (QED) is 0.225. The molecule has 2 rings (SSSR count). The summed E-state index contributed by atoms with van der Waals surface area (Å²) in [6.07, 6.45) is 2.58. The lowest BCUT2D eigenvalue weighted by atomic mass is 10.2. The zero-order valence-electron chi connectivity index (χ0n) is 17.4. The molecule has 9 heteroatoms. The molecule has 2 aromatic rings. The highest BCUT2D eigenvalue weighted by molar-refractivity contribution is 7.99. The van der Waals surface area contributed by atoms with Gasteiger partial charge in [-0.05, 0) is 38.0 Å². The van der Waals surface area contributed by atoms with Crippen LogP contribution in [0.5, 0.6) is 5.75 Å². The highest BCUT2D eigenvalue weighted by Crippen LogP contribution is 2.19. The van der Waals surface area contributed by atoms with Crippen LogP contribution in [0.2, 0.25) is 0 Å². The van der Waals surface area contributed by atoms with Gasteiger partial charge < -0.3 is 14.8 Å². The number of hydrogen-bond donors (Lipinski definition) is 1. The molecular weight excluding hydrogens is 404 g/mol. The molecule has 0 saturated carbocycles. The molecular formula is C21H28N4O4S. The molecule has 0 fully saturated rings. The molecule has 0 saturated heterocycles. The number of carbonyl (C=O) groups excluding carboxylic acids is 2. The number of allylic oxidation sites excluding steroid dienone is 1. The minimum Gasteiger partial charge on any atom is -0.486 e. The first-order valence-corrected chi connectivity index (χ1v) is 10.8. The first-order valence-electron chi connectivity index (χ1n) is 9.81. The van der Waals surface area contributed by atoms with Gasteiger partial charge in [-0.3, -0.25) is 14.2 Å². The molecule has 1 amide bonds. The molecule has 0 aliphatic rings. The van der Waals surface area contributed by atoms with E-state index >= 15 is 0 Å². The van der Waals surface area contributed by atoms with Crippen molar-refractivity contribution >= 4 is 23.6 Å². The first-order chi connectivity index (χ1) is 14.5. The van der Waals surface area contributed by atoms with E-state index in [1.807, 2.05) is 35.8 Å². The number of nitrogens with one attached hydrogen (secondary N) is 1. The maximum absolute atomic E-state index is 12.1. The molecule has 8 nitrogen and oxygen atoms in total. The van der Waals surface area contributed by atoms with Crippen molar-refractivity contribution in [2.24, 2.45) is 0 Å². The molecule has 1 aromatic heterocycles. The van der Waals surface area contributed by atoms with Gasteiger partial charge in [-0.15, -0.1) is 16.8 Å². The van der Waals surface area contributed by atoms with E-state index < -0.39 is 0 Å². The summed E-state index contributed by atoms with van der Waals surface area (Å²) in [4.78, 5) is 23.3. The normalized spacial score (nSPS) is 10.5. The van der Waals surface area contributed by atoms with Crippen LogP contribution >= 0.6 is 11.8 Å². The number of rotatable bonds is 13. The topological polar surface area (TPSA) is 95.3 Å². The SMILES string of the molecule is C=CCn1c(COc2cccc(C)c2)nnc1SCC(=O)NCCCC(=O)OCC. The van der Waals surface area contributed by atoms with Crippen molar-refractivity contribution in [1.29, 1.82) is 0 Å². The maximum Gasteiger partial charge on any atom is 0.305 e. The zero-order chi connectivity index (χ0) is 21.8. The van der Waals surface area contributed by atoms with Gasteiger partial charge in [0.1, 0.15) is 12.4 Å². The van der Waals surface area contributed by atoms with E-state index in [4.69, 9.17) is 9.47 Å². The van der Waals surface area contributed by atoms with E-state index in [2.05, 4.69) is 22.1 Å². The van der Waals surface area contributed by atoms with Crippen LogP contribution in [0.1, 0.15) is 31.2 Å². The molecule has 1 heterocycles. The molecule has 0 atom stereocenters. The Morgan fingerprint density at radius 3 is 2.90 bits per heavy atom. The molecule has 0 aliphatic carbocycles. The van der Waals surface area contributed by atoms with E-state index in [0.717, 1.165) is 11.3 Å². The number of amides is 1. The van der Waals surface area contributed by atoms with Crippen LogP contribution in [0.15, 0.2) is 42.1 Å². The summed E-state index contributed by atoms with van der Waals surface area (Å²) < 4.78 is 12.5. The van der Waals surface area contributed by atoms with Gasteiger partial charge in [-0.2, -0.15) is 0 Å². The predicted molar refractivity (Wildman–Crippen MR) is 115 cm³/mol. The summed E-state index contributed by atoms with van der Waals surface area (Å²) in [5.74, 6) is 1.25. The molecule has 0 aliphatic heterocycles. The van der Waals surface area contributed by atoms with Crippen molar-refractivity contribution in [1.82, 2.24) is 20.1 Å². The Morgan fingerprint density at radius 2 is 2.17 bits per heavy atom. The third-order valence-corrected chi connectivity index (χ3v) is 4.95. The Kier molecular flexibility index (Phi) is 9.93. The van der Waals surface area contributed by atoms with Crippen LogP contribution in [0.3, 0.4) is 0 Å². The van der Waals surface area contributed by atoms with E-state index in [9.17, 15) is 9.59 Å². The van der Waals surface area contributed by atoms with Crippen LogP contribution < -0.4 is 10.1 Å². The van der Waals surface area contributed by atoms with Crippen molar-refractivity contribution in [3.8, 4) is 5.75 Å². The Labute approximate surface area is 181 Å². The van der Waals surface area contributed by atoms with Gasteiger partial charge in [-0.25, -0.2) is 0 Å². The summed E-state index contributed by atoms with van der Waals surface area (Å²) in [6, 6.07) is 7.79. The molecule has 0 bridgehead atoms. The smallest absolute Gasteiger partial charge is 0.305 e. The summed E-state index contributed by atoms with van der Waals surface area (Å²) in [5, 5.41) is 11.8. The number of hydrogen-bond acceptors (Lipinski definition) is 7. The lowest BCUT2D eigenvalue weighted by molar-refractivity contribution is -0.143. The van der Waals surface area contributed by atoms with Crippen molar-refractivity contribution in [3.05, 3.63) is 48.3 Å². The first kappa shape index (κ1) is 23.5. The number of nitrogens with zero attached hydrogens (tertiary/aromatic N) is 3. The van der Waals surface area contributed by atoms with Gasteiger partial charge in [-0.1, -0.05) is 30.0 Å². The summed E-state index contributed by atoms with van der Waals surface area (Å²) in [6.45, 7) is 9.12. The zero-order valence-corrected chi connectivity index (χ0v) is 18.2. The summed E-state index contributed by atoms with van der Waals surface area (Å²) in [7, 11) is 0. The van der Waals surface area contributed by atoms with E-state index in [1.165, 1.54) is 11.8 Å². The number of thioether (sulfide) groups is 1. The van der Waals surface area contributed by atoms with Gasteiger partial charge in [0.25, 0.3) is 0 Å². The fraction of sp³-hybridized carbons (Fsp3) is 0.429. The third kappa shape index (κ3) is 7.90. The molecule has 162 valence electrons. The Bertz CT molecular complexity index is 853. The largest absolute Gasteiger partial charge is 0.486 e. The monoisotopic (exact) mass is 432 g/mol. The fourth-order valence-corrected chi connectivity index (χ4v) is 3.37. The number of ether oxygens (including phenoxy) is 2. The minimum absolute atomic E-state index is 0.130. The molecule has 1 aromatic carbocycles. The van der Waals surface area contributed by atoms with Crippen LogP contribution in [0.4, 0.5) is 0 Å². The molecule has 1 N–H and O–H groups in total. The lowest BCUT2D eigenvalue weighted by Crippen LogP contribution is -2.26. The maximum atomic E-state index is 12.1. The van der Waals surface area contributed by atoms with Gasteiger partial charge in [0.2, 0.25) is 5.91 Å². The van der Waals surface area contributed by atoms with E-state index in [1.54, 1.807) is 13.0 Å². The average molecular weight is 433 g/mol. The highest BCUT2D eigenvalue weighted by Gasteiger charge is 2.14. The second-order valence-corrected chi connectivity index (χ2v) is 7.39. The second kappa shape index (κ2) is 12.7. The Hall–Kier alpha value is -2.81. The van der Waals surface area contributed by atoms with Gasteiger partial charge in [0.15, 0.2) is 11.0 Å². The second-order valence-electron chi connectivity index (χ2n) is 6.45. The fourth-order valence-electron chi connectivity index (χ4n) is 2.57. The third-order valence-electron chi connectivity index (χ3n) is 3.98. The number of aromatic nitrogens is 3. The molecule has 0 radical (unpaired) electrons. The summed E-state index contributed by atoms with van der Waals surface area (Å²) >= 11 is 1.29. The van der Waals surface area contributed by atoms with Crippen molar-refractivity contribution in [2.75, 3.05) is 18.9 Å². The van der Waals surface area contributed by atoms with Crippen LogP contribution in [0.25, 0.3) is 0 Å². The molecule has 30 heavy (non-hydrogen) atoms. The van der Waals surface area contributed by atoms with Crippen LogP contribution in [-0.2, 0) is 27.5 Å². The predicted octanol–water partition coefficient (Wildman–Crippen LogP) is 2.90. The summed E-state index contributed by atoms with van der Waals surface area (Å²) in [5.41, 5.74) is 1.12. The number of carbonyl (C=O) groups is 2. The lowest BCUT2D eigenvalue weighted by Gasteiger charge is -2.09. The van der Waals surface area contributed by atoms with Gasteiger partial charge in [0, 0.05) is 19.5 Å². The minimum atomic E-state index is -0.251. The van der Waals surface area contributed by atoms with Gasteiger partial charge >= 0.3 is 5.97 Å². The molecule has 0 spiro atoms. The van der Waals surface area contributed by atoms with Gasteiger partial charge in [0.05, 0.1) is 12.4 Å². The Morgan fingerprint density at radius 1 is 1.33 bits per heavy atom. The number of esters is 1. The standard InChI is InChI=1S/C21H28N4O4S/c1-4-12-25-18(14-29-17-9-6-8-16(3)13-17)23-24-21(25)30-15-19(26)22-11-7-10-20(27)28-5-2/h4,6,8-9,13H,1,5,7,10-12,14-15H2,2-3H3,(H,22,26). The van der Waals surface area contributed by atoms with E-state index in [-0.39, 0.29) is 24.2 Å². The van der Waals surface area contributed by atoms with Crippen molar-refractivity contribution in [2.45, 2.75) is 45.0 Å². The highest BCUT2D eigenvalue weighted by atomic mass is 32.2. The van der Waals surface area contributed by atoms with Crippen molar-refractivity contribution in [3.63, 3.8) is 0 Å². The van der Waals surface area contributed by atoms with Crippen molar-refractivity contribution < 1.29 is 19.1 Å². The molecule has 0 unspecified atom stereocenters. The van der Waals surface area contributed by atoms with E-state index in [0.29, 0.717) is 43.5 Å². The average Bonchev–Trinajstić information content (AvgIpc) is 3.10.